The maximum Gasteiger partial charge on any atom is 0.225 e. The van der Waals surface area contributed by atoms with Gasteiger partial charge in [-0.3, -0.25) is 0 Å². The fourth-order valence-electron chi connectivity index (χ4n) is 3.20. The molecule has 0 aliphatic carbocycles. The van der Waals surface area contributed by atoms with Crippen LogP contribution in [0, 0.1) is 0 Å². The van der Waals surface area contributed by atoms with Crippen LogP contribution < -0.4 is 16.4 Å². The van der Waals surface area contributed by atoms with E-state index in [4.69, 9.17) is 16.5 Å². The Morgan fingerprint density at radius 1 is 1.09 bits per heavy atom. The molecule has 23 heavy (non-hydrogen) atoms. The van der Waals surface area contributed by atoms with Crippen LogP contribution in [0.3, 0.4) is 0 Å². The van der Waals surface area contributed by atoms with Gasteiger partial charge < -0.3 is 16.4 Å². The Kier molecular flexibility index (Phi) is 3.55. The Hall–Kier alpha value is -2.32. The number of rotatable bonds is 3. The van der Waals surface area contributed by atoms with Gasteiger partial charge in [-0.05, 0) is 12.1 Å². The highest BCUT2D eigenvalue weighted by molar-refractivity contribution is 7.18. The first kappa shape index (κ1) is 14.3. The summed E-state index contributed by atoms with van der Waals surface area (Å²) >= 11 is 1.78. The van der Waals surface area contributed by atoms with Gasteiger partial charge in [0, 0.05) is 12.8 Å². The third-order valence-electron chi connectivity index (χ3n) is 4.19. The summed E-state index contributed by atoms with van der Waals surface area (Å²) in [7, 11) is 0. The Bertz CT molecular complexity index is 793. The normalized spacial score (nSPS) is 21.0. The number of para-hydroxylation sites is 1. The second-order valence-electron chi connectivity index (χ2n) is 5.77. The van der Waals surface area contributed by atoms with Crippen LogP contribution in [0.2, 0.25) is 0 Å². The number of nitrogens with one attached hydrogen (secondary N) is 1. The average Bonchev–Trinajstić information content (AvgIpc) is 3.11. The number of fused-ring (bicyclic) bond motifs is 1. The van der Waals surface area contributed by atoms with E-state index in [1.54, 1.807) is 11.3 Å². The van der Waals surface area contributed by atoms with Crippen LogP contribution in [0.4, 0.5) is 11.9 Å². The SMILES string of the molecule is Nc1nc(N)nc(C[NH+]2CCC[C@H]2c2nc3ccccc3s2)n1. The quantitative estimate of drug-likeness (QED) is 0.648. The number of benzene rings is 1. The summed E-state index contributed by atoms with van der Waals surface area (Å²) in [6.45, 7) is 1.77. The molecule has 1 aliphatic heterocycles. The van der Waals surface area contributed by atoms with Crippen LogP contribution in [-0.4, -0.2) is 26.5 Å². The Morgan fingerprint density at radius 2 is 1.87 bits per heavy atom. The van der Waals surface area contributed by atoms with Gasteiger partial charge in [-0.15, -0.1) is 11.3 Å². The molecule has 0 spiro atoms. The summed E-state index contributed by atoms with van der Waals surface area (Å²) in [6.07, 6.45) is 2.30. The van der Waals surface area contributed by atoms with E-state index in [0.717, 1.165) is 18.5 Å². The largest absolute Gasteiger partial charge is 0.368 e. The lowest BCUT2D eigenvalue weighted by Crippen LogP contribution is -3.09. The number of nitrogen functional groups attached to an aromatic ring is 2. The lowest BCUT2D eigenvalue weighted by molar-refractivity contribution is -0.932. The van der Waals surface area contributed by atoms with Crippen molar-refractivity contribution in [3.05, 3.63) is 35.1 Å². The number of nitrogens with two attached hydrogens (primary N) is 2. The zero-order valence-electron chi connectivity index (χ0n) is 12.6. The van der Waals surface area contributed by atoms with Crippen molar-refractivity contribution in [2.75, 3.05) is 18.0 Å². The lowest BCUT2D eigenvalue weighted by Gasteiger charge is -2.18. The third kappa shape index (κ3) is 2.82. The third-order valence-corrected chi connectivity index (χ3v) is 5.34. The summed E-state index contributed by atoms with van der Waals surface area (Å²) < 4.78 is 1.24. The number of hydrogen-bond acceptors (Lipinski definition) is 7. The van der Waals surface area contributed by atoms with E-state index in [-0.39, 0.29) is 11.9 Å². The van der Waals surface area contributed by atoms with Crippen molar-refractivity contribution in [2.24, 2.45) is 0 Å². The zero-order chi connectivity index (χ0) is 15.8. The van der Waals surface area contributed by atoms with Gasteiger partial charge in [0.05, 0.1) is 16.8 Å². The number of thiazole rings is 1. The minimum absolute atomic E-state index is 0.183. The van der Waals surface area contributed by atoms with Crippen LogP contribution in [0.1, 0.15) is 29.7 Å². The topological polar surface area (TPSA) is 108 Å². The molecule has 0 bridgehead atoms. The van der Waals surface area contributed by atoms with Crippen molar-refractivity contribution in [1.82, 2.24) is 19.9 Å². The predicted molar refractivity (Wildman–Crippen MR) is 89.8 cm³/mol. The van der Waals surface area contributed by atoms with E-state index in [9.17, 15) is 0 Å². The smallest absolute Gasteiger partial charge is 0.225 e. The Balaban J connectivity index is 1.60. The standard InChI is InChI=1S/C15H17N7S/c16-14-19-12(20-15(17)21-14)8-22-7-3-5-10(22)13-18-9-4-1-2-6-11(9)23-13/h1-2,4,6,10H,3,5,7-8H2,(H4,16,17,19,20,21)/p+1/t10-/m0/s1. The van der Waals surface area contributed by atoms with E-state index < -0.39 is 0 Å². The molecular formula is C15H18N7S+. The number of quaternary nitrogens is 1. The van der Waals surface area contributed by atoms with Crippen LogP contribution in [0.25, 0.3) is 10.2 Å². The summed E-state index contributed by atoms with van der Waals surface area (Å²) in [6, 6.07) is 8.66. The van der Waals surface area contributed by atoms with Gasteiger partial charge in [0.25, 0.3) is 0 Å². The molecule has 5 N–H and O–H groups in total. The van der Waals surface area contributed by atoms with E-state index >= 15 is 0 Å². The van der Waals surface area contributed by atoms with Gasteiger partial charge >= 0.3 is 0 Å². The molecule has 3 aromatic rings. The van der Waals surface area contributed by atoms with Crippen LogP contribution in [0.5, 0.6) is 0 Å². The van der Waals surface area contributed by atoms with Crippen LogP contribution >= 0.6 is 11.3 Å². The summed E-state index contributed by atoms with van der Waals surface area (Å²) in [4.78, 5) is 18.5. The molecule has 7 nitrogen and oxygen atoms in total. The predicted octanol–water partition coefficient (Wildman–Crippen LogP) is 0.566. The number of likely N-dealkylation sites (tertiary alicyclic amines) is 1. The van der Waals surface area contributed by atoms with Crippen molar-refractivity contribution in [2.45, 2.75) is 25.4 Å². The number of aromatic nitrogens is 4. The molecule has 2 atom stereocenters. The monoisotopic (exact) mass is 328 g/mol. The number of hydrogen-bond donors (Lipinski definition) is 3. The molecule has 3 heterocycles. The first-order valence-corrected chi connectivity index (χ1v) is 8.46. The van der Waals surface area contributed by atoms with E-state index in [0.29, 0.717) is 18.4 Å². The highest BCUT2D eigenvalue weighted by Crippen LogP contribution is 2.28. The first-order valence-electron chi connectivity index (χ1n) is 7.65. The molecular weight excluding hydrogens is 310 g/mol. The molecule has 1 aromatic carbocycles. The minimum atomic E-state index is 0.183. The average molecular weight is 328 g/mol. The van der Waals surface area contributed by atoms with Gasteiger partial charge in [-0.1, -0.05) is 12.1 Å². The molecule has 2 aromatic heterocycles. The van der Waals surface area contributed by atoms with Crippen molar-refractivity contribution in [1.29, 1.82) is 0 Å². The molecule has 4 rings (SSSR count). The fourth-order valence-corrected chi connectivity index (χ4v) is 4.36. The van der Waals surface area contributed by atoms with Crippen LogP contribution in [-0.2, 0) is 6.54 Å². The van der Waals surface area contributed by atoms with Crippen molar-refractivity contribution >= 4 is 33.5 Å². The Labute approximate surface area is 137 Å². The first-order chi connectivity index (χ1) is 11.2. The van der Waals surface area contributed by atoms with Gasteiger partial charge in [0.15, 0.2) is 10.8 Å². The molecule has 1 fully saturated rings. The molecule has 0 saturated carbocycles. The summed E-state index contributed by atoms with van der Waals surface area (Å²) in [5.41, 5.74) is 12.4. The van der Waals surface area contributed by atoms with Gasteiger partial charge in [0.2, 0.25) is 11.9 Å². The van der Waals surface area contributed by atoms with Crippen molar-refractivity contribution in [3.63, 3.8) is 0 Å². The molecule has 1 aliphatic rings. The highest BCUT2D eigenvalue weighted by Gasteiger charge is 2.33. The lowest BCUT2D eigenvalue weighted by atomic mass is 10.2. The summed E-state index contributed by atoms with van der Waals surface area (Å²) in [5.74, 6) is 1.02. The van der Waals surface area contributed by atoms with E-state index in [1.165, 1.54) is 21.0 Å². The molecule has 1 unspecified atom stereocenters. The van der Waals surface area contributed by atoms with E-state index in [1.807, 2.05) is 6.07 Å². The van der Waals surface area contributed by atoms with Gasteiger partial charge in [-0.2, -0.15) is 15.0 Å². The molecule has 1 saturated heterocycles. The van der Waals surface area contributed by atoms with Gasteiger partial charge in [-0.25, -0.2) is 4.98 Å². The second kappa shape index (κ2) is 5.71. The molecule has 118 valence electrons. The summed E-state index contributed by atoms with van der Waals surface area (Å²) in [5, 5.41) is 1.19. The maximum atomic E-state index is 5.67. The van der Waals surface area contributed by atoms with Gasteiger partial charge in [0.1, 0.15) is 12.6 Å². The highest BCUT2D eigenvalue weighted by atomic mass is 32.1. The Morgan fingerprint density at radius 3 is 2.65 bits per heavy atom. The number of nitrogens with zero attached hydrogens (tertiary/aromatic N) is 4. The van der Waals surface area contributed by atoms with Crippen LogP contribution in [0.15, 0.2) is 24.3 Å². The minimum Gasteiger partial charge on any atom is -0.368 e. The second-order valence-corrected chi connectivity index (χ2v) is 6.83. The molecule has 0 radical (unpaired) electrons. The van der Waals surface area contributed by atoms with E-state index in [2.05, 4.69) is 33.2 Å². The molecule has 0 amide bonds. The number of anilines is 2. The molecule has 8 heteroatoms. The van der Waals surface area contributed by atoms with Crippen molar-refractivity contribution < 1.29 is 4.90 Å². The van der Waals surface area contributed by atoms with Crippen molar-refractivity contribution in [3.8, 4) is 0 Å². The fraction of sp³-hybridized carbons (Fsp3) is 0.333. The maximum absolute atomic E-state index is 5.67. The zero-order valence-corrected chi connectivity index (χ0v) is 13.4.